The molecule has 9 heteroatoms. The molecule has 0 unspecified atom stereocenters. The van der Waals surface area contributed by atoms with Crippen molar-refractivity contribution in [3.63, 3.8) is 0 Å². The van der Waals surface area contributed by atoms with Crippen molar-refractivity contribution in [2.75, 3.05) is 6.79 Å². The summed E-state index contributed by atoms with van der Waals surface area (Å²) in [7, 11) is 0. The highest BCUT2D eigenvalue weighted by Gasteiger charge is 2.27. The Morgan fingerprint density at radius 3 is 2.55 bits per heavy atom. The van der Waals surface area contributed by atoms with Crippen LogP contribution in [0.1, 0.15) is 26.3 Å². The molecule has 1 aliphatic rings. The molecule has 1 aliphatic heterocycles. The van der Waals surface area contributed by atoms with Crippen LogP contribution < -0.4 is 9.47 Å². The molecule has 3 aromatic carbocycles. The van der Waals surface area contributed by atoms with Gasteiger partial charge in [0.1, 0.15) is 0 Å². The Hall–Kier alpha value is -3.56. The molecule has 0 spiro atoms. The van der Waals surface area contributed by atoms with E-state index >= 15 is 0 Å². The Kier molecular flexibility index (Phi) is 6.06. The number of carbonyl (C=O) groups excluding carboxylic acids is 2. The summed E-state index contributed by atoms with van der Waals surface area (Å²) in [4.78, 5) is 30.7. The normalized spacial score (nSPS) is 11.5. The number of benzene rings is 3. The first-order valence-corrected chi connectivity index (χ1v) is 10.3. The molecule has 1 heterocycles. The Balaban J connectivity index is 1.75. The summed E-state index contributed by atoms with van der Waals surface area (Å²) in [6.45, 7) is 0.132. The first kappa shape index (κ1) is 20.7. The van der Waals surface area contributed by atoms with E-state index in [9.17, 15) is 9.59 Å². The number of carbonyl (C=O) groups is 2. The number of ether oxygens (including phenoxy) is 2. The van der Waals surface area contributed by atoms with Crippen LogP contribution in [0.3, 0.4) is 0 Å². The lowest BCUT2D eigenvalue weighted by Crippen LogP contribution is -2.36. The van der Waals surface area contributed by atoms with Gasteiger partial charge in [0.15, 0.2) is 11.5 Å². The summed E-state index contributed by atoms with van der Waals surface area (Å²) in [5.74, 6) is 0.141. The summed E-state index contributed by atoms with van der Waals surface area (Å²) < 4.78 is 11.5. The van der Waals surface area contributed by atoms with Crippen LogP contribution in [0, 0.1) is 3.57 Å². The van der Waals surface area contributed by atoms with Gasteiger partial charge in [-0.2, -0.15) is 0 Å². The Labute approximate surface area is 191 Å². The van der Waals surface area contributed by atoms with E-state index in [1.165, 1.54) is 0 Å². The molecule has 0 aromatic heterocycles. The number of amides is 2. The van der Waals surface area contributed by atoms with Crippen LogP contribution in [0.15, 0.2) is 71.8 Å². The van der Waals surface area contributed by atoms with Crippen molar-refractivity contribution in [2.45, 2.75) is 6.54 Å². The molecule has 2 amide bonds. The van der Waals surface area contributed by atoms with E-state index in [0.717, 1.165) is 8.47 Å². The second kappa shape index (κ2) is 9.07. The Bertz CT molecular complexity index is 1210. The molecule has 0 fully saturated rings. The predicted octanol–water partition coefficient (Wildman–Crippen LogP) is 5.44. The van der Waals surface area contributed by atoms with Crippen molar-refractivity contribution < 1.29 is 19.1 Å². The van der Waals surface area contributed by atoms with Crippen molar-refractivity contribution in [2.24, 2.45) is 5.11 Å². The molecule has 0 saturated heterocycles. The fourth-order valence-corrected chi connectivity index (χ4v) is 3.65. The Morgan fingerprint density at radius 1 is 1.00 bits per heavy atom. The maximum absolute atomic E-state index is 13.5. The van der Waals surface area contributed by atoms with Gasteiger partial charge < -0.3 is 9.47 Å². The van der Waals surface area contributed by atoms with Gasteiger partial charge in [-0.1, -0.05) is 35.4 Å². The third kappa shape index (κ3) is 4.47. The van der Waals surface area contributed by atoms with Gasteiger partial charge in [0.2, 0.25) is 6.79 Å². The van der Waals surface area contributed by atoms with Crippen molar-refractivity contribution in [3.05, 3.63) is 97.4 Å². The van der Waals surface area contributed by atoms with Gasteiger partial charge in [-0.3, -0.25) is 14.5 Å². The topological polar surface area (TPSA) is 105 Å². The van der Waals surface area contributed by atoms with Crippen molar-refractivity contribution in [1.82, 2.24) is 4.90 Å². The number of azide groups is 1. The molecule has 0 aliphatic carbocycles. The summed E-state index contributed by atoms with van der Waals surface area (Å²) in [5, 5.41) is 3.62. The minimum absolute atomic E-state index is 0.00435. The van der Waals surface area contributed by atoms with Gasteiger partial charge in [0, 0.05) is 14.0 Å². The largest absolute Gasteiger partial charge is 0.454 e. The zero-order chi connectivity index (χ0) is 21.8. The highest BCUT2D eigenvalue weighted by atomic mass is 127. The van der Waals surface area contributed by atoms with Crippen LogP contribution in [0.2, 0.25) is 0 Å². The smallest absolute Gasteiger partial charge is 0.261 e. The fraction of sp³-hybridized carbons (Fsp3) is 0.0909. The number of nitrogens with zero attached hydrogens (tertiary/aromatic N) is 4. The minimum atomic E-state index is -0.563. The predicted molar refractivity (Wildman–Crippen MR) is 121 cm³/mol. The van der Waals surface area contributed by atoms with Crippen LogP contribution in [0.4, 0.5) is 5.69 Å². The van der Waals surface area contributed by atoms with Crippen LogP contribution in [0.5, 0.6) is 11.5 Å². The number of halogens is 1. The summed E-state index contributed by atoms with van der Waals surface area (Å²) in [5.41, 5.74) is 10.3. The van der Waals surface area contributed by atoms with Crippen LogP contribution in [0.25, 0.3) is 10.4 Å². The second-order valence-electron chi connectivity index (χ2n) is 6.60. The summed E-state index contributed by atoms with van der Waals surface area (Å²) in [6.07, 6.45) is 0. The van der Waals surface area contributed by atoms with E-state index in [0.29, 0.717) is 22.6 Å². The van der Waals surface area contributed by atoms with E-state index in [1.807, 2.05) is 0 Å². The number of fused-ring (bicyclic) bond motifs is 1. The van der Waals surface area contributed by atoms with Gasteiger partial charge in [-0.15, -0.1) is 0 Å². The SMILES string of the molecule is [N-]=[N+]=Nc1ccc(I)cc1C(=O)N(Cc1ccc2c(c1)OCO2)C(=O)c1ccccc1. The lowest BCUT2D eigenvalue weighted by molar-refractivity contribution is 0.0604. The Morgan fingerprint density at radius 2 is 1.77 bits per heavy atom. The van der Waals surface area contributed by atoms with Gasteiger partial charge in [-0.05, 0) is 70.1 Å². The maximum Gasteiger partial charge on any atom is 0.261 e. The van der Waals surface area contributed by atoms with Gasteiger partial charge in [0.05, 0.1) is 17.8 Å². The summed E-state index contributed by atoms with van der Waals surface area (Å²) in [6, 6.07) is 18.7. The molecular weight excluding hydrogens is 511 g/mol. The molecule has 31 heavy (non-hydrogen) atoms. The monoisotopic (exact) mass is 526 g/mol. The van der Waals surface area contributed by atoms with Crippen molar-refractivity contribution in [1.29, 1.82) is 0 Å². The van der Waals surface area contributed by atoms with Crippen molar-refractivity contribution >= 4 is 40.1 Å². The zero-order valence-corrected chi connectivity index (χ0v) is 18.2. The number of rotatable bonds is 5. The number of hydrogen-bond acceptors (Lipinski definition) is 5. The maximum atomic E-state index is 13.5. The first-order chi connectivity index (χ1) is 15.1. The minimum Gasteiger partial charge on any atom is -0.454 e. The van der Waals surface area contributed by atoms with E-state index in [2.05, 4.69) is 32.6 Å². The van der Waals surface area contributed by atoms with Crippen LogP contribution in [-0.2, 0) is 6.54 Å². The highest BCUT2D eigenvalue weighted by molar-refractivity contribution is 14.1. The summed E-state index contributed by atoms with van der Waals surface area (Å²) >= 11 is 2.06. The quantitative estimate of drug-likeness (QED) is 0.145. The molecule has 8 nitrogen and oxygen atoms in total. The average Bonchev–Trinajstić information content (AvgIpc) is 3.26. The molecule has 154 valence electrons. The van der Waals surface area contributed by atoms with Gasteiger partial charge in [-0.25, -0.2) is 0 Å². The standard InChI is InChI=1S/C22H15IN4O4/c23-16-7-8-18(25-26-24)17(11-16)22(29)27(21(28)15-4-2-1-3-5-15)12-14-6-9-19-20(10-14)31-13-30-19/h1-11H,12-13H2. The number of hydrogen-bond donors (Lipinski definition) is 0. The van der Waals surface area contributed by atoms with Gasteiger partial charge in [0.25, 0.3) is 11.8 Å². The van der Waals surface area contributed by atoms with Crippen LogP contribution in [-0.4, -0.2) is 23.5 Å². The molecular formula is C22H15IN4O4. The van der Waals surface area contributed by atoms with E-state index in [1.54, 1.807) is 66.7 Å². The van der Waals surface area contributed by atoms with E-state index < -0.39 is 11.8 Å². The molecule has 0 radical (unpaired) electrons. The highest BCUT2D eigenvalue weighted by Crippen LogP contribution is 2.33. The lowest BCUT2D eigenvalue weighted by atomic mass is 10.1. The average molecular weight is 526 g/mol. The molecule has 0 atom stereocenters. The van der Waals surface area contributed by atoms with Gasteiger partial charge >= 0.3 is 0 Å². The molecule has 0 bridgehead atoms. The zero-order valence-electron chi connectivity index (χ0n) is 16.1. The fourth-order valence-electron chi connectivity index (χ4n) is 3.15. The molecule has 4 rings (SSSR count). The lowest BCUT2D eigenvalue weighted by Gasteiger charge is -2.22. The molecule has 3 aromatic rings. The van der Waals surface area contributed by atoms with Crippen molar-refractivity contribution in [3.8, 4) is 11.5 Å². The van der Waals surface area contributed by atoms with E-state index in [-0.39, 0.29) is 24.6 Å². The first-order valence-electron chi connectivity index (χ1n) is 9.21. The third-order valence-electron chi connectivity index (χ3n) is 4.63. The van der Waals surface area contributed by atoms with Crippen LogP contribution >= 0.6 is 22.6 Å². The van der Waals surface area contributed by atoms with E-state index in [4.69, 9.17) is 15.0 Å². The second-order valence-corrected chi connectivity index (χ2v) is 7.85. The molecule has 0 N–H and O–H groups in total. The number of imide groups is 1. The molecule has 0 saturated carbocycles. The third-order valence-corrected chi connectivity index (χ3v) is 5.30.